The molecule has 0 N–H and O–H groups in total. The van der Waals surface area contributed by atoms with Crippen LogP contribution >= 0.6 is 0 Å². The Bertz CT molecular complexity index is 1570. The van der Waals surface area contributed by atoms with Crippen molar-refractivity contribution in [2.24, 2.45) is 0 Å². The lowest BCUT2D eigenvalue weighted by atomic mass is 9.85. The van der Waals surface area contributed by atoms with E-state index in [4.69, 9.17) is 0 Å². The normalized spacial score (nSPS) is 11.5. The van der Waals surface area contributed by atoms with Crippen molar-refractivity contribution in [3.8, 4) is 22.3 Å². The molecular weight excluding hydrogens is 445 g/mol. The first-order valence-electron chi connectivity index (χ1n) is 9.72. The van der Waals surface area contributed by atoms with E-state index >= 15 is 13.2 Å². The molecular formula is C26H11F7. The van der Waals surface area contributed by atoms with E-state index in [1.807, 2.05) is 0 Å². The number of rotatable bonds is 2. The van der Waals surface area contributed by atoms with E-state index in [1.165, 1.54) is 24.3 Å². The first-order chi connectivity index (χ1) is 15.8. The van der Waals surface area contributed by atoms with Crippen LogP contribution in [0.15, 0.2) is 66.7 Å². The van der Waals surface area contributed by atoms with Gasteiger partial charge in [-0.1, -0.05) is 42.5 Å². The molecule has 0 saturated heterocycles. The van der Waals surface area contributed by atoms with Crippen molar-refractivity contribution in [1.82, 2.24) is 0 Å². The van der Waals surface area contributed by atoms with Gasteiger partial charge in [0.15, 0.2) is 23.3 Å². The van der Waals surface area contributed by atoms with E-state index in [1.54, 1.807) is 18.2 Å². The van der Waals surface area contributed by atoms with Crippen LogP contribution in [0, 0.1) is 40.7 Å². The van der Waals surface area contributed by atoms with Crippen molar-refractivity contribution >= 4 is 21.5 Å². The third-order valence-corrected chi connectivity index (χ3v) is 5.56. The quantitative estimate of drug-likeness (QED) is 0.108. The molecule has 5 rings (SSSR count). The van der Waals surface area contributed by atoms with Crippen LogP contribution in [0.5, 0.6) is 0 Å². The van der Waals surface area contributed by atoms with Crippen molar-refractivity contribution in [3.63, 3.8) is 0 Å². The number of hydrogen-bond donors (Lipinski definition) is 0. The summed E-state index contributed by atoms with van der Waals surface area (Å²) < 4.78 is 103. The maximum atomic E-state index is 15.2. The Morgan fingerprint density at radius 3 is 1.73 bits per heavy atom. The van der Waals surface area contributed by atoms with Crippen LogP contribution in [0.3, 0.4) is 0 Å². The molecule has 0 amide bonds. The minimum Gasteiger partial charge on any atom is -0.207 e. The largest absolute Gasteiger partial charge is 0.207 e. The van der Waals surface area contributed by atoms with Crippen molar-refractivity contribution in [2.45, 2.75) is 0 Å². The minimum absolute atomic E-state index is 0.0869. The summed E-state index contributed by atoms with van der Waals surface area (Å²) in [5.74, 6) is -10.7. The Morgan fingerprint density at radius 1 is 0.455 bits per heavy atom. The van der Waals surface area contributed by atoms with Gasteiger partial charge < -0.3 is 0 Å². The van der Waals surface area contributed by atoms with Gasteiger partial charge in [0.05, 0.1) is 0 Å². The third kappa shape index (κ3) is 3.07. The standard InChI is InChI=1S/C26H11F7/c27-13-9-10-14(17(29)11-13)19-15-7-4-8-16(28)20(15)18(12-5-2-1-3-6-12)21-22(19)24(31)26(33)25(32)23(21)30/h1-11H. The molecule has 0 unspecified atom stereocenters. The smallest absolute Gasteiger partial charge is 0.198 e. The Hall–Kier alpha value is -3.87. The highest BCUT2D eigenvalue weighted by Gasteiger charge is 2.29. The fourth-order valence-corrected chi connectivity index (χ4v) is 4.21. The molecule has 0 nitrogen and oxygen atoms in total. The Balaban J connectivity index is 2.17. The van der Waals surface area contributed by atoms with Gasteiger partial charge in [-0.3, -0.25) is 0 Å². The van der Waals surface area contributed by atoms with Crippen molar-refractivity contribution in [2.75, 3.05) is 0 Å². The van der Waals surface area contributed by atoms with Crippen molar-refractivity contribution in [1.29, 1.82) is 0 Å². The van der Waals surface area contributed by atoms with Crippen LogP contribution in [0.4, 0.5) is 30.7 Å². The van der Waals surface area contributed by atoms with Gasteiger partial charge in [-0.15, -0.1) is 0 Å². The molecule has 0 spiro atoms. The first kappa shape index (κ1) is 21.0. The molecule has 0 saturated carbocycles. The lowest BCUT2D eigenvalue weighted by molar-refractivity contribution is 0.418. The van der Waals surface area contributed by atoms with Gasteiger partial charge in [0.1, 0.15) is 17.5 Å². The zero-order chi connectivity index (χ0) is 23.4. The Kier molecular flexibility index (Phi) is 4.85. The summed E-state index contributed by atoms with van der Waals surface area (Å²) in [6.07, 6.45) is 0. The second-order valence-electron chi connectivity index (χ2n) is 7.41. The number of halogens is 7. The molecule has 33 heavy (non-hydrogen) atoms. The lowest BCUT2D eigenvalue weighted by Crippen LogP contribution is -2.03. The van der Waals surface area contributed by atoms with Gasteiger partial charge in [0.2, 0.25) is 0 Å². The third-order valence-electron chi connectivity index (χ3n) is 5.56. The van der Waals surface area contributed by atoms with Crippen molar-refractivity contribution < 1.29 is 30.7 Å². The molecule has 0 fully saturated rings. The monoisotopic (exact) mass is 456 g/mol. The summed E-state index contributed by atoms with van der Waals surface area (Å²) in [5.41, 5.74) is -0.874. The Morgan fingerprint density at radius 2 is 1.09 bits per heavy atom. The summed E-state index contributed by atoms with van der Waals surface area (Å²) in [6.45, 7) is 0. The molecule has 0 heterocycles. The first-order valence-corrected chi connectivity index (χ1v) is 9.72. The van der Waals surface area contributed by atoms with Gasteiger partial charge in [-0.25, -0.2) is 30.7 Å². The molecule has 5 aromatic rings. The average Bonchev–Trinajstić information content (AvgIpc) is 2.81. The molecule has 0 aliphatic rings. The van der Waals surface area contributed by atoms with Crippen LogP contribution in [-0.2, 0) is 0 Å². The Labute approximate surface area is 182 Å². The number of hydrogen-bond acceptors (Lipinski definition) is 0. The zero-order valence-corrected chi connectivity index (χ0v) is 16.5. The topological polar surface area (TPSA) is 0 Å². The summed E-state index contributed by atoms with van der Waals surface area (Å²) >= 11 is 0. The minimum atomic E-state index is -2.10. The molecule has 0 aliphatic heterocycles. The van der Waals surface area contributed by atoms with Crippen LogP contribution < -0.4 is 0 Å². The predicted molar refractivity (Wildman–Crippen MR) is 112 cm³/mol. The van der Waals surface area contributed by atoms with Gasteiger partial charge in [-0.05, 0) is 29.1 Å². The van der Waals surface area contributed by atoms with Crippen LogP contribution in [0.25, 0.3) is 43.8 Å². The van der Waals surface area contributed by atoms with Gasteiger partial charge >= 0.3 is 0 Å². The van der Waals surface area contributed by atoms with E-state index in [9.17, 15) is 17.6 Å². The number of benzene rings is 5. The molecule has 0 aliphatic carbocycles. The molecule has 0 atom stereocenters. The van der Waals surface area contributed by atoms with Gasteiger partial charge in [-0.2, -0.15) is 0 Å². The van der Waals surface area contributed by atoms with E-state index < -0.39 is 62.6 Å². The van der Waals surface area contributed by atoms with Gasteiger partial charge in [0, 0.05) is 38.9 Å². The molecule has 164 valence electrons. The van der Waals surface area contributed by atoms with E-state index in [0.717, 1.165) is 18.2 Å². The lowest BCUT2D eigenvalue weighted by Gasteiger charge is -2.20. The molecule has 5 aromatic carbocycles. The molecule has 0 bridgehead atoms. The second kappa shape index (κ2) is 7.62. The molecule has 0 aromatic heterocycles. The number of fused-ring (bicyclic) bond motifs is 2. The predicted octanol–water partition coefficient (Wildman–Crippen LogP) is 8.30. The highest BCUT2D eigenvalue weighted by Crippen LogP contribution is 2.47. The molecule has 7 heteroatoms. The SMILES string of the molecule is Fc1ccc(-c2c3cccc(F)c3c(-c3ccccc3)c3c(F)c(F)c(F)c(F)c23)c(F)c1. The maximum absolute atomic E-state index is 15.2. The van der Waals surface area contributed by atoms with Crippen LogP contribution in [0.2, 0.25) is 0 Å². The maximum Gasteiger partial charge on any atom is 0.198 e. The van der Waals surface area contributed by atoms with Crippen molar-refractivity contribution in [3.05, 3.63) is 107 Å². The van der Waals surface area contributed by atoms with E-state index in [-0.39, 0.29) is 21.9 Å². The fraction of sp³-hybridized carbons (Fsp3) is 0. The van der Waals surface area contributed by atoms with E-state index in [2.05, 4.69) is 0 Å². The van der Waals surface area contributed by atoms with Crippen LogP contribution in [-0.4, -0.2) is 0 Å². The fourth-order valence-electron chi connectivity index (χ4n) is 4.21. The average molecular weight is 456 g/mol. The summed E-state index contributed by atoms with van der Waals surface area (Å²) in [4.78, 5) is 0. The second-order valence-corrected chi connectivity index (χ2v) is 7.41. The highest BCUT2D eigenvalue weighted by atomic mass is 19.2. The van der Waals surface area contributed by atoms with Gasteiger partial charge in [0.25, 0.3) is 0 Å². The van der Waals surface area contributed by atoms with Crippen LogP contribution in [0.1, 0.15) is 0 Å². The van der Waals surface area contributed by atoms with E-state index in [0.29, 0.717) is 6.07 Å². The highest BCUT2D eigenvalue weighted by molar-refractivity contribution is 6.21. The zero-order valence-electron chi connectivity index (χ0n) is 16.5. The summed E-state index contributed by atoms with van der Waals surface area (Å²) in [5, 5.41) is -1.88. The summed E-state index contributed by atoms with van der Waals surface area (Å²) in [7, 11) is 0. The summed E-state index contributed by atoms with van der Waals surface area (Å²) in [6, 6.07) is 13.6. The molecule has 0 radical (unpaired) electrons.